The highest BCUT2D eigenvalue weighted by Gasteiger charge is 2.25. The Morgan fingerprint density at radius 2 is 2.13 bits per heavy atom. The fourth-order valence-corrected chi connectivity index (χ4v) is 1.94. The van der Waals surface area contributed by atoms with Gasteiger partial charge in [0, 0.05) is 25.0 Å². The molecule has 1 atom stereocenters. The summed E-state index contributed by atoms with van der Waals surface area (Å²) in [6.45, 7) is 2.91. The number of rotatable bonds is 1. The lowest BCUT2D eigenvalue weighted by Crippen LogP contribution is -2.42. The van der Waals surface area contributed by atoms with E-state index in [1.807, 2.05) is 4.90 Å². The standard InChI is InChI=1S/C11H15N3O/c1-9-5-2-3-8-14(9)11(15)10-12-6-4-7-13-10/h4,6-7,9H,2-3,5,8H2,1H3. The molecule has 1 fully saturated rings. The third-order valence-corrected chi connectivity index (χ3v) is 2.82. The van der Waals surface area contributed by atoms with Gasteiger partial charge in [0.1, 0.15) is 0 Å². The minimum atomic E-state index is -0.0391. The van der Waals surface area contributed by atoms with Gasteiger partial charge in [-0.3, -0.25) is 4.79 Å². The molecule has 0 radical (unpaired) electrons. The Kier molecular flexibility index (Phi) is 2.94. The first-order valence-electron chi connectivity index (χ1n) is 5.37. The van der Waals surface area contributed by atoms with Crippen molar-refractivity contribution < 1.29 is 4.79 Å². The van der Waals surface area contributed by atoms with Gasteiger partial charge in [-0.1, -0.05) is 0 Å². The van der Waals surface area contributed by atoms with Crippen LogP contribution in [0.1, 0.15) is 36.8 Å². The van der Waals surface area contributed by atoms with E-state index in [2.05, 4.69) is 16.9 Å². The third kappa shape index (κ3) is 2.14. The van der Waals surface area contributed by atoms with Crippen LogP contribution in [0.5, 0.6) is 0 Å². The number of likely N-dealkylation sites (tertiary alicyclic amines) is 1. The van der Waals surface area contributed by atoms with Crippen LogP contribution >= 0.6 is 0 Å². The Morgan fingerprint density at radius 3 is 2.80 bits per heavy atom. The molecular formula is C11H15N3O. The quantitative estimate of drug-likeness (QED) is 0.697. The van der Waals surface area contributed by atoms with Crippen molar-refractivity contribution in [3.05, 3.63) is 24.3 Å². The number of nitrogens with zero attached hydrogens (tertiary/aromatic N) is 3. The average Bonchev–Trinajstić information content (AvgIpc) is 2.30. The number of amides is 1. The van der Waals surface area contributed by atoms with Gasteiger partial charge < -0.3 is 4.90 Å². The first-order chi connectivity index (χ1) is 7.29. The smallest absolute Gasteiger partial charge is 0.291 e. The summed E-state index contributed by atoms with van der Waals surface area (Å²) in [4.78, 5) is 21.9. The van der Waals surface area contributed by atoms with Gasteiger partial charge in [0.2, 0.25) is 5.82 Å². The molecule has 1 unspecified atom stereocenters. The third-order valence-electron chi connectivity index (χ3n) is 2.82. The van der Waals surface area contributed by atoms with Crippen molar-refractivity contribution in [2.24, 2.45) is 0 Å². The van der Waals surface area contributed by atoms with Crippen molar-refractivity contribution in [3.8, 4) is 0 Å². The van der Waals surface area contributed by atoms with Gasteiger partial charge >= 0.3 is 0 Å². The number of carbonyl (C=O) groups is 1. The van der Waals surface area contributed by atoms with Gasteiger partial charge in [0.15, 0.2) is 0 Å². The van der Waals surface area contributed by atoms with E-state index in [0.717, 1.165) is 19.4 Å². The highest BCUT2D eigenvalue weighted by atomic mass is 16.2. The molecular weight excluding hydrogens is 190 g/mol. The van der Waals surface area contributed by atoms with Crippen LogP contribution in [0.15, 0.2) is 18.5 Å². The summed E-state index contributed by atoms with van der Waals surface area (Å²) in [5.74, 6) is 0.272. The van der Waals surface area contributed by atoms with E-state index in [-0.39, 0.29) is 5.91 Å². The molecule has 4 nitrogen and oxygen atoms in total. The highest BCUT2D eigenvalue weighted by molar-refractivity contribution is 5.90. The lowest BCUT2D eigenvalue weighted by Gasteiger charge is -2.32. The average molecular weight is 205 g/mol. The molecule has 2 heterocycles. The summed E-state index contributed by atoms with van der Waals surface area (Å²) in [5, 5.41) is 0. The van der Waals surface area contributed by atoms with Crippen molar-refractivity contribution in [1.29, 1.82) is 0 Å². The van der Waals surface area contributed by atoms with Crippen molar-refractivity contribution in [1.82, 2.24) is 14.9 Å². The second-order valence-corrected chi connectivity index (χ2v) is 3.92. The fourth-order valence-electron chi connectivity index (χ4n) is 1.94. The maximum Gasteiger partial charge on any atom is 0.291 e. The molecule has 1 aliphatic heterocycles. The van der Waals surface area contributed by atoms with Gasteiger partial charge in [0.25, 0.3) is 5.91 Å². The fraction of sp³-hybridized carbons (Fsp3) is 0.545. The molecule has 15 heavy (non-hydrogen) atoms. The topological polar surface area (TPSA) is 46.1 Å². The van der Waals surface area contributed by atoms with Crippen LogP contribution in [-0.2, 0) is 0 Å². The summed E-state index contributed by atoms with van der Waals surface area (Å²) in [6, 6.07) is 2.03. The minimum Gasteiger partial charge on any atom is -0.333 e. The van der Waals surface area contributed by atoms with Crippen LogP contribution in [0.4, 0.5) is 0 Å². The van der Waals surface area contributed by atoms with E-state index in [9.17, 15) is 4.79 Å². The zero-order valence-electron chi connectivity index (χ0n) is 8.89. The van der Waals surface area contributed by atoms with Crippen LogP contribution in [0, 0.1) is 0 Å². The van der Waals surface area contributed by atoms with E-state index >= 15 is 0 Å². The number of hydrogen-bond donors (Lipinski definition) is 0. The molecule has 0 aromatic carbocycles. The first kappa shape index (κ1) is 10.1. The normalized spacial score (nSPS) is 21.4. The number of carbonyl (C=O) groups excluding carboxylic acids is 1. The summed E-state index contributed by atoms with van der Waals surface area (Å²) >= 11 is 0. The van der Waals surface area contributed by atoms with Crippen LogP contribution in [0.2, 0.25) is 0 Å². The second-order valence-electron chi connectivity index (χ2n) is 3.92. The summed E-state index contributed by atoms with van der Waals surface area (Å²) in [7, 11) is 0. The lowest BCUT2D eigenvalue weighted by atomic mass is 10.0. The maximum atomic E-state index is 12.0. The van der Waals surface area contributed by atoms with Gasteiger partial charge in [-0.25, -0.2) is 9.97 Å². The first-order valence-corrected chi connectivity index (χ1v) is 5.37. The van der Waals surface area contributed by atoms with Gasteiger partial charge in [-0.05, 0) is 32.3 Å². The number of aromatic nitrogens is 2. The maximum absolute atomic E-state index is 12.0. The Labute approximate surface area is 89.3 Å². The molecule has 1 amide bonds. The predicted octanol–water partition coefficient (Wildman–Crippen LogP) is 1.49. The number of piperidine rings is 1. The molecule has 0 saturated carbocycles. The molecule has 0 aliphatic carbocycles. The summed E-state index contributed by atoms with van der Waals surface area (Å²) < 4.78 is 0. The molecule has 1 saturated heterocycles. The zero-order chi connectivity index (χ0) is 10.7. The zero-order valence-corrected chi connectivity index (χ0v) is 8.89. The Balaban J connectivity index is 2.13. The summed E-state index contributed by atoms with van der Waals surface area (Å²) in [5.41, 5.74) is 0. The predicted molar refractivity (Wildman–Crippen MR) is 56.4 cm³/mol. The molecule has 80 valence electrons. The van der Waals surface area contributed by atoms with Gasteiger partial charge in [-0.15, -0.1) is 0 Å². The molecule has 4 heteroatoms. The second kappa shape index (κ2) is 4.38. The summed E-state index contributed by atoms with van der Waals surface area (Å²) in [6.07, 6.45) is 6.59. The van der Waals surface area contributed by atoms with E-state index < -0.39 is 0 Å². The molecule has 0 bridgehead atoms. The molecule has 0 spiro atoms. The molecule has 0 N–H and O–H groups in total. The van der Waals surface area contributed by atoms with Crippen LogP contribution in [0.3, 0.4) is 0 Å². The van der Waals surface area contributed by atoms with Crippen molar-refractivity contribution in [3.63, 3.8) is 0 Å². The lowest BCUT2D eigenvalue weighted by molar-refractivity contribution is 0.0623. The molecule has 1 aliphatic rings. The van der Waals surface area contributed by atoms with E-state index in [1.54, 1.807) is 18.5 Å². The van der Waals surface area contributed by atoms with E-state index in [0.29, 0.717) is 11.9 Å². The Bertz CT molecular complexity index is 339. The minimum absolute atomic E-state index is 0.0391. The van der Waals surface area contributed by atoms with E-state index in [1.165, 1.54) is 6.42 Å². The van der Waals surface area contributed by atoms with Gasteiger partial charge in [-0.2, -0.15) is 0 Å². The highest BCUT2D eigenvalue weighted by Crippen LogP contribution is 2.17. The van der Waals surface area contributed by atoms with Crippen molar-refractivity contribution in [2.45, 2.75) is 32.2 Å². The Hall–Kier alpha value is -1.45. The number of hydrogen-bond acceptors (Lipinski definition) is 3. The van der Waals surface area contributed by atoms with Crippen molar-refractivity contribution in [2.75, 3.05) is 6.54 Å². The monoisotopic (exact) mass is 205 g/mol. The Morgan fingerprint density at radius 1 is 1.40 bits per heavy atom. The van der Waals surface area contributed by atoms with Crippen molar-refractivity contribution >= 4 is 5.91 Å². The molecule has 1 aromatic heterocycles. The van der Waals surface area contributed by atoms with Crippen LogP contribution in [-0.4, -0.2) is 33.4 Å². The van der Waals surface area contributed by atoms with Crippen LogP contribution < -0.4 is 0 Å². The van der Waals surface area contributed by atoms with Crippen LogP contribution in [0.25, 0.3) is 0 Å². The molecule has 2 rings (SSSR count). The largest absolute Gasteiger partial charge is 0.333 e. The SMILES string of the molecule is CC1CCCCN1C(=O)c1ncccn1. The van der Waals surface area contributed by atoms with Gasteiger partial charge in [0.05, 0.1) is 0 Å². The molecule has 1 aromatic rings. The van der Waals surface area contributed by atoms with E-state index in [4.69, 9.17) is 0 Å².